The number of amides is 3. The molecule has 3 aromatic rings. The number of carbonyl (C=O) groups is 4. The highest BCUT2D eigenvalue weighted by Crippen LogP contribution is 2.29. The predicted octanol–water partition coefficient (Wildman–Crippen LogP) is 4.98. The van der Waals surface area contributed by atoms with Crippen molar-refractivity contribution in [1.82, 2.24) is 10.9 Å². The summed E-state index contributed by atoms with van der Waals surface area (Å²) in [6, 6.07) is 21.3. The molecule has 0 aliphatic heterocycles. The van der Waals surface area contributed by atoms with Gasteiger partial charge in [-0.2, -0.15) is 0 Å². The number of ether oxygens (including phenoxy) is 1. The molecule has 0 unspecified atom stereocenters. The second-order valence-corrected chi connectivity index (χ2v) is 9.80. The first-order valence-corrected chi connectivity index (χ1v) is 12.6. The Bertz CT molecular complexity index is 1220. The van der Waals surface area contributed by atoms with Gasteiger partial charge in [-0.15, -0.1) is 0 Å². The molecular weight excluding hydrogens is 570 g/mol. The molecular formula is C25H21BrClN3O5S. The van der Waals surface area contributed by atoms with Gasteiger partial charge in [-0.25, -0.2) is 0 Å². The van der Waals surface area contributed by atoms with Gasteiger partial charge < -0.3 is 10.1 Å². The van der Waals surface area contributed by atoms with Crippen molar-refractivity contribution < 1.29 is 23.9 Å². The van der Waals surface area contributed by atoms with Crippen LogP contribution < -0.4 is 16.2 Å². The van der Waals surface area contributed by atoms with Gasteiger partial charge in [0.1, 0.15) is 0 Å². The minimum absolute atomic E-state index is 0.109. The fraction of sp³-hybridized carbons (Fsp3) is 0.120. The van der Waals surface area contributed by atoms with Crippen molar-refractivity contribution in [3.05, 3.63) is 87.9 Å². The van der Waals surface area contributed by atoms with Crippen molar-refractivity contribution in [2.75, 3.05) is 11.9 Å². The van der Waals surface area contributed by atoms with Gasteiger partial charge in [0.2, 0.25) is 5.91 Å². The Morgan fingerprint density at radius 3 is 2.03 bits per heavy atom. The molecule has 0 aliphatic carbocycles. The SMILES string of the molecule is O=C(COC(=O)CCC(=O)Nc1ccc(Sc2ccc(Cl)cc2)cc1)NNC(=O)c1ccc(Br)cc1. The fourth-order valence-electron chi connectivity index (χ4n) is 2.74. The van der Waals surface area contributed by atoms with Crippen molar-refractivity contribution in [3.8, 4) is 0 Å². The lowest BCUT2D eigenvalue weighted by molar-refractivity contribution is -0.149. The van der Waals surface area contributed by atoms with E-state index in [9.17, 15) is 19.2 Å². The van der Waals surface area contributed by atoms with E-state index >= 15 is 0 Å². The van der Waals surface area contributed by atoms with Gasteiger partial charge in [-0.1, -0.05) is 39.3 Å². The molecule has 0 fully saturated rings. The Balaban J connectivity index is 1.32. The van der Waals surface area contributed by atoms with Crippen molar-refractivity contribution in [2.45, 2.75) is 22.6 Å². The summed E-state index contributed by atoms with van der Waals surface area (Å²) in [5.41, 5.74) is 5.32. The Hall–Kier alpha value is -3.34. The summed E-state index contributed by atoms with van der Waals surface area (Å²) in [7, 11) is 0. The molecule has 3 aromatic carbocycles. The average molecular weight is 591 g/mol. The van der Waals surface area contributed by atoms with E-state index in [2.05, 4.69) is 32.1 Å². The van der Waals surface area contributed by atoms with E-state index in [1.54, 1.807) is 48.2 Å². The van der Waals surface area contributed by atoms with E-state index in [1.807, 2.05) is 36.4 Å². The number of carbonyl (C=O) groups excluding carboxylic acids is 4. The van der Waals surface area contributed by atoms with Crippen LogP contribution >= 0.6 is 39.3 Å². The summed E-state index contributed by atoms with van der Waals surface area (Å²) in [6.45, 7) is -0.589. The highest BCUT2D eigenvalue weighted by Gasteiger charge is 2.12. The number of hydrogen-bond acceptors (Lipinski definition) is 6. The summed E-state index contributed by atoms with van der Waals surface area (Å²) in [5, 5.41) is 3.38. The van der Waals surface area contributed by atoms with Gasteiger partial charge in [0.15, 0.2) is 6.61 Å². The van der Waals surface area contributed by atoms with Crippen LogP contribution in [0.1, 0.15) is 23.2 Å². The third-order valence-electron chi connectivity index (χ3n) is 4.53. The molecule has 3 amide bonds. The van der Waals surface area contributed by atoms with Gasteiger partial charge in [0.05, 0.1) is 6.42 Å². The lowest BCUT2D eigenvalue weighted by Crippen LogP contribution is -2.43. The van der Waals surface area contributed by atoms with Gasteiger partial charge in [0.25, 0.3) is 11.8 Å². The maximum Gasteiger partial charge on any atom is 0.306 e. The highest BCUT2D eigenvalue weighted by atomic mass is 79.9. The minimum atomic E-state index is -0.714. The zero-order chi connectivity index (χ0) is 25.9. The first kappa shape index (κ1) is 27.3. The van der Waals surface area contributed by atoms with Gasteiger partial charge in [-0.05, 0) is 72.8 Å². The number of hydrazine groups is 1. The first-order chi connectivity index (χ1) is 17.3. The molecule has 0 radical (unpaired) electrons. The molecule has 0 heterocycles. The zero-order valence-electron chi connectivity index (χ0n) is 18.8. The van der Waals surface area contributed by atoms with Crippen LogP contribution in [0.4, 0.5) is 5.69 Å². The molecule has 36 heavy (non-hydrogen) atoms. The Morgan fingerprint density at radius 1 is 0.778 bits per heavy atom. The largest absolute Gasteiger partial charge is 0.455 e. The second-order valence-electron chi connectivity index (χ2n) is 7.30. The van der Waals surface area contributed by atoms with E-state index < -0.39 is 24.4 Å². The number of benzene rings is 3. The molecule has 11 heteroatoms. The lowest BCUT2D eigenvalue weighted by atomic mass is 10.2. The number of hydrogen-bond donors (Lipinski definition) is 3. The smallest absolute Gasteiger partial charge is 0.306 e. The first-order valence-electron chi connectivity index (χ1n) is 10.6. The number of rotatable bonds is 9. The van der Waals surface area contributed by atoms with E-state index in [0.29, 0.717) is 16.3 Å². The van der Waals surface area contributed by atoms with Crippen LogP contribution in [0.2, 0.25) is 5.02 Å². The zero-order valence-corrected chi connectivity index (χ0v) is 21.9. The Kier molecular flexibility index (Phi) is 10.3. The van der Waals surface area contributed by atoms with E-state index in [-0.39, 0.29) is 18.7 Å². The molecule has 0 bridgehead atoms. The van der Waals surface area contributed by atoms with E-state index in [0.717, 1.165) is 14.3 Å². The van der Waals surface area contributed by atoms with Gasteiger partial charge >= 0.3 is 5.97 Å². The van der Waals surface area contributed by atoms with E-state index in [4.69, 9.17) is 16.3 Å². The summed E-state index contributed by atoms with van der Waals surface area (Å²) < 4.78 is 5.65. The maximum atomic E-state index is 12.1. The Morgan fingerprint density at radius 2 is 1.39 bits per heavy atom. The van der Waals surface area contributed by atoms with Crippen molar-refractivity contribution in [2.24, 2.45) is 0 Å². The van der Waals surface area contributed by atoms with Crippen LogP contribution in [0.15, 0.2) is 87.1 Å². The summed E-state index contributed by atoms with van der Waals surface area (Å²) in [5.74, 6) is -2.31. The summed E-state index contributed by atoms with van der Waals surface area (Å²) in [6.07, 6.45) is -0.309. The number of halogens is 2. The Labute approximate surface area is 225 Å². The van der Waals surface area contributed by atoms with Crippen LogP contribution in [0.5, 0.6) is 0 Å². The monoisotopic (exact) mass is 589 g/mol. The molecule has 0 spiro atoms. The number of anilines is 1. The van der Waals surface area contributed by atoms with Gasteiger partial charge in [-0.3, -0.25) is 30.0 Å². The third-order valence-corrected chi connectivity index (χ3v) is 6.33. The fourth-order valence-corrected chi connectivity index (χ4v) is 3.95. The van der Waals surface area contributed by atoms with Crippen molar-refractivity contribution in [1.29, 1.82) is 0 Å². The normalized spacial score (nSPS) is 10.3. The quantitative estimate of drug-likeness (QED) is 0.239. The molecule has 0 atom stereocenters. The van der Waals surface area contributed by atoms with Crippen LogP contribution in [-0.2, 0) is 19.1 Å². The molecule has 3 N–H and O–H groups in total. The molecule has 0 saturated heterocycles. The maximum absolute atomic E-state index is 12.1. The number of nitrogens with one attached hydrogen (secondary N) is 3. The predicted molar refractivity (Wildman–Crippen MR) is 141 cm³/mol. The van der Waals surface area contributed by atoms with Crippen molar-refractivity contribution >= 4 is 68.7 Å². The van der Waals surface area contributed by atoms with Crippen LogP contribution in [0.3, 0.4) is 0 Å². The van der Waals surface area contributed by atoms with Crippen molar-refractivity contribution in [3.63, 3.8) is 0 Å². The van der Waals surface area contributed by atoms with Crippen LogP contribution in [0, 0.1) is 0 Å². The minimum Gasteiger partial charge on any atom is -0.455 e. The molecule has 186 valence electrons. The molecule has 0 saturated carbocycles. The topological polar surface area (TPSA) is 114 Å². The summed E-state index contributed by atoms with van der Waals surface area (Å²) >= 11 is 10.7. The van der Waals surface area contributed by atoms with Crippen LogP contribution in [0.25, 0.3) is 0 Å². The number of esters is 1. The highest BCUT2D eigenvalue weighted by molar-refractivity contribution is 9.10. The van der Waals surface area contributed by atoms with E-state index in [1.165, 1.54) is 0 Å². The third kappa shape index (κ3) is 9.37. The molecule has 8 nitrogen and oxygen atoms in total. The van der Waals surface area contributed by atoms with Crippen LogP contribution in [-0.4, -0.2) is 30.3 Å². The summed E-state index contributed by atoms with van der Waals surface area (Å²) in [4.78, 5) is 49.7. The lowest BCUT2D eigenvalue weighted by Gasteiger charge is -2.09. The molecule has 0 aliphatic rings. The molecule has 3 rings (SSSR count). The standard InChI is InChI=1S/C25H21BrClN3O5S/c26-17-3-1-16(2-4-17)25(34)30-29-23(32)15-35-24(33)14-13-22(31)28-19-7-11-21(12-8-19)36-20-9-5-18(27)6-10-20/h1-12H,13-15H2,(H,28,31)(H,29,32)(H,30,34). The van der Waals surface area contributed by atoms with Gasteiger partial charge in [0, 0.05) is 37.0 Å². The average Bonchev–Trinajstić information content (AvgIpc) is 2.87. The second kappa shape index (κ2) is 13.7. The molecule has 0 aromatic heterocycles.